The van der Waals surface area contributed by atoms with Gasteiger partial charge in [0.2, 0.25) is 0 Å². The summed E-state index contributed by atoms with van der Waals surface area (Å²) in [5.74, 6) is -0.426. The van der Waals surface area contributed by atoms with Crippen molar-refractivity contribution in [1.29, 1.82) is 5.41 Å². The second-order valence-corrected chi connectivity index (χ2v) is 5.80. The Balaban J connectivity index is 2.07. The predicted molar refractivity (Wildman–Crippen MR) is 82.6 cm³/mol. The first-order valence-electron chi connectivity index (χ1n) is 6.56. The van der Waals surface area contributed by atoms with Crippen molar-refractivity contribution in [2.45, 2.75) is 18.8 Å². The number of nitrogens with zero attached hydrogens (tertiary/aromatic N) is 2. The fourth-order valence-electron chi connectivity index (χ4n) is 2.29. The molecule has 1 saturated carbocycles. The van der Waals surface area contributed by atoms with E-state index >= 15 is 0 Å². The fourth-order valence-corrected chi connectivity index (χ4v) is 2.74. The lowest BCUT2D eigenvalue weighted by Gasteiger charge is -2.10. The second kappa shape index (κ2) is 5.33. The summed E-state index contributed by atoms with van der Waals surface area (Å²) in [4.78, 5) is 12.1. The number of hydrogen-bond acceptors (Lipinski definition) is 3. The Morgan fingerprint density at radius 1 is 1.43 bits per heavy atom. The van der Waals surface area contributed by atoms with E-state index in [9.17, 15) is 4.79 Å². The molecule has 3 rings (SSSR count). The molecule has 21 heavy (non-hydrogen) atoms. The van der Waals surface area contributed by atoms with Crippen LogP contribution in [0.5, 0.6) is 0 Å². The van der Waals surface area contributed by atoms with Crippen LogP contribution in [0.4, 0.5) is 0 Å². The quantitative estimate of drug-likeness (QED) is 0.586. The predicted octanol–water partition coefficient (Wildman–Crippen LogP) is 2.14. The summed E-state index contributed by atoms with van der Waals surface area (Å²) in [7, 11) is 0. The van der Waals surface area contributed by atoms with Gasteiger partial charge in [0.25, 0.3) is 5.91 Å². The number of amides is 1. The van der Waals surface area contributed by atoms with E-state index in [1.807, 2.05) is 24.3 Å². The van der Waals surface area contributed by atoms with E-state index in [0.717, 1.165) is 28.7 Å². The maximum Gasteiger partial charge on any atom is 0.261 e. The molecular formula is C14H14BrN5O. The van der Waals surface area contributed by atoms with Gasteiger partial charge in [-0.25, -0.2) is 4.68 Å². The SMILES string of the molecule is N=C(N)NC(=O)c1cnn(-c2ccccc2Br)c1C1CC1. The summed E-state index contributed by atoms with van der Waals surface area (Å²) >= 11 is 3.51. The van der Waals surface area contributed by atoms with Crippen molar-refractivity contribution < 1.29 is 4.79 Å². The topological polar surface area (TPSA) is 96.8 Å². The van der Waals surface area contributed by atoms with Gasteiger partial charge in [0, 0.05) is 10.4 Å². The zero-order chi connectivity index (χ0) is 15.0. The van der Waals surface area contributed by atoms with E-state index in [4.69, 9.17) is 11.1 Å². The van der Waals surface area contributed by atoms with Crippen LogP contribution in [0.3, 0.4) is 0 Å². The van der Waals surface area contributed by atoms with Crippen LogP contribution in [0.25, 0.3) is 5.69 Å². The molecule has 1 amide bonds. The first-order chi connectivity index (χ1) is 10.1. The van der Waals surface area contributed by atoms with Crippen molar-refractivity contribution >= 4 is 27.8 Å². The van der Waals surface area contributed by atoms with Crippen LogP contribution in [-0.2, 0) is 0 Å². The molecule has 0 aliphatic heterocycles. The average Bonchev–Trinajstić information content (AvgIpc) is 3.17. The minimum absolute atomic E-state index is 0.326. The fraction of sp³-hybridized carbons (Fsp3) is 0.214. The van der Waals surface area contributed by atoms with Gasteiger partial charge in [-0.1, -0.05) is 12.1 Å². The van der Waals surface area contributed by atoms with E-state index < -0.39 is 0 Å². The van der Waals surface area contributed by atoms with Gasteiger partial charge in [-0.05, 0) is 40.9 Å². The molecule has 1 aromatic carbocycles. The first kappa shape index (κ1) is 13.8. The zero-order valence-corrected chi connectivity index (χ0v) is 12.7. The van der Waals surface area contributed by atoms with E-state index in [2.05, 4.69) is 26.3 Å². The summed E-state index contributed by atoms with van der Waals surface area (Å²) in [5, 5.41) is 13.9. The van der Waals surface area contributed by atoms with Crippen molar-refractivity contribution in [1.82, 2.24) is 15.1 Å². The van der Waals surface area contributed by atoms with E-state index in [1.165, 1.54) is 6.20 Å². The molecule has 0 saturated heterocycles. The van der Waals surface area contributed by atoms with E-state index in [1.54, 1.807) is 4.68 Å². The highest BCUT2D eigenvalue weighted by atomic mass is 79.9. The molecule has 108 valence electrons. The maximum absolute atomic E-state index is 12.1. The Hall–Kier alpha value is -2.15. The highest BCUT2D eigenvalue weighted by molar-refractivity contribution is 9.10. The number of nitrogens with one attached hydrogen (secondary N) is 2. The van der Waals surface area contributed by atoms with E-state index in [-0.39, 0.29) is 11.9 Å². The minimum atomic E-state index is -0.386. The number of hydrogen-bond donors (Lipinski definition) is 3. The molecule has 7 heteroatoms. The van der Waals surface area contributed by atoms with Crippen LogP contribution in [0.15, 0.2) is 34.9 Å². The lowest BCUT2D eigenvalue weighted by Crippen LogP contribution is -2.36. The molecule has 1 aliphatic rings. The van der Waals surface area contributed by atoms with Crippen molar-refractivity contribution in [3.05, 3.63) is 46.2 Å². The monoisotopic (exact) mass is 347 g/mol. The highest BCUT2D eigenvalue weighted by Crippen LogP contribution is 2.43. The van der Waals surface area contributed by atoms with Gasteiger partial charge in [-0.3, -0.25) is 15.5 Å². The first-order valence-corrected chi connectivity index (χ1v) is 7.35. The van der Waals surface area contributed by atoms with Crippen molar-refractivity contribution in [2.75, 3.05) is 0 Å². The number of aromatic nitrogens is 2. The molecule has 0 radical (unpaired) electrons. The third kappa shape index (κ3) is 2.69. The summed E-state index contributed by atoms with van der Waals surface area (Å²) in [6, 6.07) is 7.73. The molecule has 1 fully saturated rings. The largest absolute Gasteiger partial charge is 0.370 e. The number of carbonyl (C=O) groups is 1. The molecular weight excluding hydrogens is 334 g/mol. The Bertz CT molecular complexity index is 720. The smallest absolute Gasteiger partial charge is 0.261 e. The third-order valence-electron chi connectivity index (χ3n) is 3.34. The number of benzene rings is 1. The molecule has 2 aromatic rings. The van der Waals surface area contributed by atoms with Gasteiger partial charge >= 0.3 is 0 Å². The van der Waals surface area contributed by atoms with Crippen LogP contribution in [-0.4, -0.2) is 21.6 Å². The summed E-state index contributed by atoms with van der Waals surface area (Å²) < 4.78 is 2.70. The molecule has 0 bridgehead atoms. The van der Waals surface area contributed by atoms with Gasteiger partial charge in [0.15, 0.2) is 5.96 Å². The van der Waals surface area contributed by atoms with Crippen molar-refractivity contribution in [3.8, 4) is 5.69 Å². The standard InChI is InChI=1S/C14H14BrN5O/c15-10-3-1-2-4-11(10)20-12(8-5-6-8)9(7-18-20)13(21)19-14(16)17/h1-4,7-8H,5-6H2,(H4,16,17,19,21). The van der Waals surface area contributed by atoms with Gasteiger partial charge in [0.05, 0.1) is 23.1 Å². The lowest BCUT2D eigenvalue weighted by atomic mass is 10.1. The molecule has 0 spiro atoms. The van der Waals surface area contributed by atoms with Crippen molar-refractivity contribution in [2.24, 2.45) is 5.73 Å². The molecule has 6 nitrogen and oxygen atoms in total. The minimum Gasteiger partial charge on any atom is -0.370 e. The Morgan fingerprint density at radius 2 is 2.14 bits per heavy atom. The molecule has 0 atom stereocenters. The maximum atomic E-state index is 12.1. The number of rotatable bonds is 3. The third-order valence-corrected chi connectivity index (χ3v) is 4.01. The van der Waals surface area contributed by atoms with Crippen LogP contribution in [0, 0.1) is 5.41 Å². The molecule has 0 unspecified atom stereocenters. The van der Waals surface area contributed by atoms with Crippen molar-refractivity contribution in [3.63, 3.8) is 0 Å². The van der Waals surface area contributed by atoms with Crippen LogP contribution < -0.4 is 11.1 Å². The Kier molecular flexibility index (Phi) is 3.50. The normalized spacial score (nSPS) is 14.0. The number of carbonyl (C=O) groups excluding carboxylic acids is 1. The summed E-state index contributed by atoms with van der Waals surface area (Å²) in [6.07, 6.45) is 3.61. The molecule has 1 aliphatic carbocycles. The summed E-state index contributed by atoms with van der Waals surface area (Å²) in [5.41, 5.74) is 7.47. The van der Waals surface area contributed by atoms with Crippen LogP contribution in [0.1, 0.15) is 34.8 Å². The Labute approximate surface area is 130 Å². The van der Waals surface area contributed by atoms with Crippen LogP contribution in [0.2, 0.25) is 0 Å². The molecule has 1 heterocycles. The number of halogens is 1. The van der Waals surface area contributed by atoms with Gasteiger partial charge < -0.3 is 5.73 Å². The van der Waals surface area contributed by atoms with Crippen LogP contribution >= 0.6 is 15.9 Å². The van der Waals surface area contributed by atoms with E-state index in [0.29, 0.717) is 11.5 Å². The number of guanidine groups is 1. The molecule has 4 N–H and O–H groups in total. The van der Waals surface area contributed by atoms with Gasteiger partial charge in [-0.2, -0.15) is 5.10 Å². The number of nitrogens with two attached hydrogens (primary N) is 1. The zero-order valence-electron chi connectivity index (χ0n) is 11.1. The average molecular weight is 348 g/mol. The molecule has 1 aromatic heterocycles. The summed E-state index contributed by atoms with van der Waals surface area (Å²) in [6.45, 7) is 0. The highest BCUT2D eigenvalue weighted by Gasteiger charge is 2.33. The van der Waals surface area contributed by atoms with Gasteiger partial charge in [0.1, 0.15) is 0 Å². The lowest BCUT2D eigenvalue weighted by molar-refractivity contribution is 0.0975. The number of para-hydroxylation sites is 1. The Morgan fingerprint density at radius 3 is 2.76 bits per heavy atom. The second-order valence-electron chi connectivity index (χ2n) is 4.95. The van der Waals surface area contributed by atoms with Gasteiger partial charge in [-0.15, -0.1) is 0 Å².